The van der Waals surface area contributed by atoms with Gasteiger partial charge in [-0.05, 0) is 12.3 Å². The Balaban J connectivity index is 2.21. The lowest BCUT2D eigenvalue weighted by atomic mass is 10.1. The Morgan fingerprint density at radius 3 is 2.74 bits per heavy atom. The summed E-state index contributed by atoms with van der Waals surface area (Å²) in [6, 6.07) is 1.44. The van der Waals surface area contributed by atoms with Crippen molar-refractivity contribution in [2.45, 2.75) is 19.3 Å². The van der Waals surface area contributed by atoms with Crippen molar-refractivity contribution in [3.8, 4) is 5.75 Å². The molecule has 0 atom stereocenters. The van der Waals surface area contributed by atoms with Crippen LogP contribution in [0, 0.1) is 21.8 Å². The number of nitro groups is 1. The van der Waals surface area contributed by atoms with E-state index in [9.17, 15) is 19.3 Å². The molecular weight excluding hydrogens is 257 g/mol. The molecule has 0 heterocycles. The normalized spacial score (nSPS) is 14.2. The van der Waals surface area contributed by atoms with Gasteiger partial charge in [-0.2, -0.15) is 0 Å². The number of ether oxygens (including phenoxy) is 1. The highest BCUT2D eigenvalue weighted by Crippen LogP contribution is 2.34. The molecule has 1 aromatic rings. The van der Waals surface area contributed by atoms with Gasteiger partial charge < -0.3 is 9.84 Å². The number of hydrogen-bond donors (Lipinski definition) is 1. The van der Waals surface area contributed by atoms with Crippen LogP contribution < -0.4 is 4.74 Å². The van der Waals surface area contributed by atoms with Crippen LogP contribution in [0.15, 0.2) is 12.1 Å². The Bertz CT molecular complexity index is 527. The fraction of sp³-hybridized carbons (Fsp3) is 0.417. The summed E-state index contributed by atoms with van der Waals surface area (Å²) >= 11 is 0. The highest BCUT2D eigenvalue weighted by Gasteiger charge is 2.24. The molecule has 0 amide bonds. The maximum atomic E-state index is 13.5. The summed E-state index contributed by atoms with van der Waals surface area (Å²) in [5.41, 5.74) is -1.27. The zero-order valence-electron chi connectivity index (χ0n) is 9.97. The van der Waals surface area contributed by atoms with Gasteiger partial charge in [0, 0.05) is 12.1 Å². The average Bonchev–Trinajstić information content (AvgIpc) is 3.12. The number of nitro benzene ring substituents is 1. The van der Waals surface area contributed by atoms with Crippen molar-refractivity contribution in [3.63, 3.8) is 0 Å². The number of rotatable bonds is 6. The van der Waals surface area contributed by atoms with Crippen molar-refractivity contribution in [1.82, 2.24) is 0 Å². The van der Waals surface area contributed by atoms with Crippen LogP contribution in [0.4, 0.5) is 10.1 Å². The van der Waals surface area contributed by atoms with Gasteiger partial charge in [0.1, 0.15) is 11.4 Å². The fourth-order valence-corrected chi connectivity index (χ4v) is 1.71. The zero-order chi connectivity index (χ0) is 14.0. The molecule has 1 aliphatic rings. The molecule has 1 aromatic carbocycles. The monoisotopic (exact) mass is 269 g/mol. The van der Waals surface area contributed by atoms with Crippen LogP contribution in [0.5, 0.6) is 5.75 Å². The number of aromatic carboxylic acids is 1. The van der Waals surface area contributed by atoms with E-state index >= 15 is 0 Å². The Labute approximate surface area is 108 Å². The molecule has 0 aromatic heterocycles. The molecule has 102 valence electrons. The van der Waals surface area contributed by atoms with E-state index in [0.717, 1.165) is 25.3 Å². The quantitative estimate of drug-likeness (QED) is 0.633. The van der Waals surface area contributed by atoms with Crippen LogP contribution in [-0.2, 0) is 0 Å². The molecule has 0 aliphatic heterocycles. The van der Waals surface area contributed by atoms with Crippen LogP contribution in [0.25, 0.3) is 0 Å². The van der Waals surface area contributed by atoms with Crippen molar-refractivity contribution < 1.29 is 24.0 Å². The number of carbonyl (C=O) groups is 1. The van der Waals surface area contributed by atoms with Gasteiger partial charge in [0.25, 0.3) is 0 Å². The van der Waals surface area contributed by atoms with Crippen molar-refractivity contribution in [1.29, 1.82) is 0 Å². The molecule has 0 spiro atoms. The summed E-state index contributed by atoms with van der Waals surface area (Å²) in [6.45, 7) is 0.261. The number of benzene rings is 1. The molecule has 2 rings (SSSR count). The minimum absolute atomic E-state index is 0.229. The van der Waals surface area contributed by atoms with E-state index < -0.39 is 28.0 Å². The standard InChI is InChI=1S/C12H12FNO5/c13-9-6-11(19-4-3-7-1-2-7)10(14(17)18)5-8(9)12(15)16/h5-7H,1-4H2,(H,15,16). The van der Waals surface area contributed by atoms with Crippen LogP contribution in [0.2, 0.25) is 0 Å². The summed E-state index contributed by atoms with van der Waals surface area (Å²) in [5, 5.41) is 19.5. The largest absolute Gasteiger partial charge is 0.487 e. The fourth-order valence-electron chi connectivity index (χ4n) is 1.71. The number of nitrogens with zero attached hydrogens (tertiary/aromatic N) is 1. The van der Waals surface area contributed by atoms with Crippen LogP contribution in [0.3, 0.4) is 0 Å². The van der Waals surface area contributed by atoms with E-state index in [4.69, 9.17) is 9.84 Å². The Morgan fingerprint density at radius 1 is 1.53 bits per heavy atom. The number of carboxylic acids is 1. The first-order chi connectivity index (χ1) is 8.99. The molecule has 19 heavy (non-hydrogen) atoms. The molecule has 0 radical (unpaired) electrons. The first-order valence-electron chi connectivity index (χ1n) is 5.83. The molecule has 1 saturated carbocycles. The summed E-state index contributed by atoms with van der Waals surface area (Å²) in [6.07, 6.45) is 3.01. The Hall–Kier alpha value is -2.18. The van der Waals surface area contributed by atoms with Gasteiger partial charge in [-0.1, -0.05) is 12.8 Å². The maximum Gasteiger partial charge on any atom is 0.338 e. The second-order valence-corrected chi connectivity index (χ2v) is 4.44. The van der Waals surface area contributed by atoms with Gasteiger partial charge in [-0.25, -0.2) is 9.18 Å². The SMILES string of the molecule is O=C(O)c1cc([N+](=O)[O-])c(OCCC2CC2)cc1F. The second kappa shape index (κ2) is 5.21. The van der Waals surface area contributed by atoms with Gasteiger partial charge in [-0.3, -0.25) is 10.1 Å². The highest BCUT2D eigenvalue weighted by molar-refractivity contribution is 5.89. The molecule has 7 heteroatoms. The third kappa shape index (κ3) is 3.18. The maximum absolute atomic E-state index is 13.5. The lowest BCUT2D eigenvalue weighted by molar-refractivity contribution is -0.386. The molecule has 1 aliphatic carbocycles. The van der Waals surface area contributed by atoms with Crippen LogP contribution in [-0.4, -0.2) is 22.6 Å². The zero-order valence-corrected chi connectivity index (χ0v) is 9.97. The summed E-state index contributed by atoms with van der Waals surface area (Å²) in [5.74, 6) is -2.24. The van der Waals surface area contributed by atoms with E-state index in [1.54, 1.807) is 0 Å². The molecule has 0 unspecified atom stereocenters. The van der Waals surface area contributed by atoms with Gasteiger partial charge >= 0.3 is 11.7 Å². The lowest BCUT2D eigenvalue weighted by Gasteiger charge is -2.07. The molecular formula is C12H12FNO5. The van der Waals surface area contributed by atoms with Gasteiger partial charge in [0.15, 0.2) is 5.75 Å². The van der Waals surface area contributed by atoms with Gasteiger partial charge in [0.05, 0.1) is 11.5 Å². The smallest absolute Gasteiger partial charge is 0.338 e. The van der Waals surface area contributed by atoms with Gasteiger partial charge in [-0.15, -0.1) is 0 Å². The summed E-state index contributed by atoms with van der Waals surface area (Å²) < 4.78 is 18.6. The van der Waals surface area contributed by atoms with Crippen molar-refractivity contribution in [2.75, 3.05) is 6.61 Å². The summed E-state index contributed by atoms with van der Waals surface area (Å²) in [4.78, 5) is 20.8. The Kier molecular flexibility index (Phi) is 3.64. The molecule has 1 N–H and O–H groups in total. The Morgan fingerprint density at radius 2 is 2.21 bits per heavy atom. The van der Waals surface area contributed by atoms with E-state index in [-0.39, 0.29) is 12.4 Å². The lowest BCUT2D eigenvalue weighted by Crippen LogP contribution is -2.06. The average molecular weight is 269 g/mol. The third-order valence-corrected chi connectivity index (χ3v) is 2.96. The van der Waals surface area contributed by atoms with E-state index in [2.05, 4.69) is 0 Å². The third-order valence-electron chi connectivity index (χ3n) is 2.96. The minimum atomic E-state index is -1.55. The molecule has 1 fully saturated rings. The predicted molar refractivity (Wildman–Crippen MR) is 62.8 cm³/mol. The van der Waals surface area contributed by atoms with Crippen molar-refractivity contribution in [2.24, 2.45) is 5.92 Å². The van der Waals surface area contributed by atoms with Crippen molar-refractivity contribution >= 4 is 11.7 Å². The predicted octanol–water partition coefficient (Wildman–Crippen LogP) is 2.61. The number of hydrogen-bond acceptors (Lipinski definition) is 4. The first-order valence-corrected chi connectivity index (χ1v) is 5.83. The molecule has 0 saturated heterocycles. The molecule has 0 bridgehead atoms. The van der Waals surface area contributed by atoms with E-state index in [1.807, 2.05) is 0 Å². The van der Waals surface area contributed by atoms with Crippen LogP contribution in [0.1, 0.15) is 29.6 Å². The molecule has 6 nitrogen and oxygen atoms in total. The van der Waals surface area contributed by atoms with Crippen LogP contribution >= 0.6 is 0 Å². The summed E-state index contributed by atoms with van der Waals surface area (Å²) in [7, 11) is 0. The van der Waals surface area contributed by atoms with E-state index in [0.29, 0.717) is 12.0 Å². The number of carboxylic acid groups (broad SMARTS) is 1. The van der Waals surface area contributed by atoms with Gasteiger partial charge in [0.2, 0.25) is 0 Å². The number of halogens is 1. The van der Waals surface area contributed by atoms with Crippen molar-refractivity contribution in [3.05, 3.63) is 33.6 Å². The minimum Gasteiger partial charge on any atom is -0.487 e. The first kappa shape index (κ1) is 13.3. The topological polar surface area (TPSA) is 89.7 Å². The van der Waals surface area contributed by atoms with E-state index in [1.165, 1.54) is 0 Å². The second-order valence-electron chi connectivity index (χ2n) is 4.44. The highest BCUT2D eigenvalue weighted by atomic mass is 19.1.